The molecular weight excluding hydrogens is 468 g/mol. The minimum Gasteiger partial charge on any atom is -0.478 e. The topological polar surface area (TPSA) is 119 Å². The minimum atomic E-state index is -1.11. The maximum absolute atomic E-state index is 11.3. The van der Waals surface area contributed by atoms with Crippen molar-refractivity contribution in [3.63, 3.8) is 0 Å². The zero-order chi connectivity index (χ0) is 29.2. The van der Waals surface area contributed by atoms with Crippen molar-refractivity contribution < 1.29 is 24.2 Å². The third kappa shape index (κ3) is 21.0. The average Bonchev–Trinajstić information content (AvgIpc) is 3.29. The Labute approximate surface area is 225 Å². The Balaban J connectivity index is -0.000000459. The lowest BCUT2D eigenvalue weighted by molar-refractivity contribution is -0.132. The van der Waals surface area contributed by atoms with Gasteiger partial charge in [-0.3, -0.25) is 9.59 Å². The van der Waals surface area contributed by atoms with Crippen molar-refractivity contribution in [2.45, 2.75) is 119 Å². The SMILES string of the molecule is C/C=C\C(N)=NC(=O)CCC.C=C/C(C(=O)CC)=C(\C=C/C)C(=O)O.CC.CCCCC1CCC(C)O1. The van der Waals surface area contributed by atoms with Gasteiger partial charge in [-0.2, -0.15) is 4.99 Å². The summed E-state index contributed by atoms with van der Waals surface area (Å²) in [5, 5.41) is 8.84. The van der Waals surface area contributed by atoms with Crippen LogP contribution in [0.25, 0.3) is 0 Å². The van der Waals surface area contributed by atoms with Crippen LogP contribution in [0.15, 0.2) is 53.1 Å². The van der Waals surface area contributed by atoms with Crippen LogP contribution in [0.2, 0.25) is 0 Å². The van der Waals surface area contributed by atoms with Crippen LogP contribution in [0.5, 0.6) is 0 Å². The van der Waals surface area contributed by atoms with Crippen LogP contribution < -0.4 is 5.73 Å². The highest BCUT2D eigenvalue weighted by atomic mass is 16.5. The number of ketones is 1. The van der Waals surface area contributed by atoms with Crippen molar-refractivity contribution in [2.24, 2.45) is 10.7 Å². The van der Waals surface area contributed by atoms with Crippen LogP contribution in [-0.2, 0) is 19.1 Å². The molecule has 1 saturated heterocycles. The first kappa shape index (κ1) is 38.7. The Morgan fingerprint density at radius 3 is 2.00 bits per heavy atom. The number of nitrogens with two attached hydrogens (primary N) is 1. The molecule has 0 aromatic carbocycles. The molecule has 0 radical (unpaired) electrons. The Hall–Kier alpha value is -2.80. The van der Waals surface area contributed by atoms with Crippen molar-refractivity contribution in [1.82, 2.24) is 0 Å². The number of nitrogens with zero attached hydrogens (tertiary/aromatic N) is 1. The number of carbonyl (C=O) groups excluding carboxylic acids is 2. The molecule has 1 fully saturated rings. The van der Waals surface area contributed by atoms with E-state index in [-0.39, 0.29) is 35.1 Å². The Morgan fingerprint density at radius 2 is 1.62 bits per heavy atom. The molecule has 0 saturated carbocycles. The molecule has 1 aliphatic rings. The molecule has 7 nitrogen and oxygen atoms in total. The van der Waals surface area contributed by atoms with E-state index >= 15 is 0 Å². The first-order chi connectivity index (χ1) is 17.6. The van der Waals surface area contributed by atoms with Gasteiger partial charge in [0.25, 0.3) is 0 Å². The fraction of sp³-hybridized carbons (Fsp3) is 0.600. The van der Waals surface area contributed by atoms with Crippen molar-refractivity contribution in [3.8, 4) is 0 Å². The standard InChI is InChI=1S/C11H14O3.C9H18O.C8H14N2O.C2H6/c1-4-7-9(11(13)14)8(5-2)10(12)6-3;1-3-4-5-9-7-6-8(2)10-9;1-3-5-7(9)10-8(11)6-4-2;1-2/h4-5,7H,2,6H2,1,3H3,(H,13,14);8-9H,3-7H2,1-2H3;3,5H,4,6H2,1-2H3,(H2,9,10,11);1-2H3/b7-4-,9-8-;;5-3-;. The first-order valence-corrected chi connectivity index (χ1v) is 13.5. The summed E-state index contributed by atoms with van der Waals surface area (Å²) in [7, 11) is 0. The van der Waals surface area contributed by atoms with E-state index in [1.165, 1.54) is 44.3 Å². The van der Waals surface area contributed by atoms with Gasteiger partial charge in [0.15, 0.2) is 5.78 Å². The van der Waals surface area contributed by atoms with E-state index in [2.05, 4.69) is 25.4 Å². The molecule has 0 bridgehead atoms. The summed E-state index contributed by atoms with van der Waals surface area (Å²) < 4.78 is 5.66. The van der Waals surface area contributed by atoms with Gasteiger partial charge in [-0.1, -0.05) is 78.3 Å². The van der Waals surface area contributed by atoms with Crippen molar-refractivity contribution in [1.29, 1.82) is 0 Å². The van der Waals surface area contributed by atoms with E-state index in [9.17, 15) is 14.4 Å². The second-order valence-corrected chi connectivity index (χ2v) is 8.08. The highest BCUT2D eigenvalue weighted by Gasteiger charge is 2.20. The van der Waals surface area contributed by atoms with Crippen LogP contribution in [0.3, 0.4) is 0 Å². The minimum absolute atomic E-state index is 0.00523. The Kier molecular flexibility index (Phi) is 27.5. The van der Waals surface area contributed by atoms with E-state index in [1.807, 2.05) is 27.7 Å². The average molecular weight is 521 g/mol. The van der Waals surface area contributed by atoms with Gasteiger partial charge < -0.3 is 15.6 Å². The monoisotopic (exact) mass is 520 g/mol. The van der Waals surface area contributed by atoms with Crippen molar-refractivity contribution in [2.75, 3.05) is 0 Å². The lowest BCUT2D eigenvalue weighted by atomic mass is 10.0. The Bertz CT molecular complexity index is 779. The smallest absolute Gasteiger partial charge is 0.336 e. The number of rotatable bonds is 11. The number of unbranched alkanes of at least 4 members (excludes halogenated alkanes) is 1. The van der Waals surface area contributed by atoms with Gasteiger partial charge in [0, 0.05) is 18.4 Å². The van der Waals surface area contributed by atoms with Crippen LogP contribution in [0.1, 0.15) is 107 Å². The van der Waals surface area contributed by atoms with Gasteiger partial charge in [0.2, 0.25) is 5.91 Å². The van der Waals surface area contributed by atoms with Crippen LogP contribution >= 0.6 is 0 Å². The molecule has 1 aliphatic heterocycles. The van der Waals surface area contributed by atoms with E-state index in [4.69, 9.17) is 15.6 Å². The molecule has 1 rings (SSSR count). The molecule has 1 heterocycles. The first-order valence-electron chi connectivity index (χ1n) is 13.5. The van der Waals surface area contributed by atoms with Crippen LogP contribution in [-0.4, -0.2) is 40.8 Å². The lowest BCUT2D eigenvalue weighted by Gasteiger charge is -2.08. The molecule has 2 atom stereocenters. The lowest BCUT2D eigenvalue weighted by Crippen LogP contribution is -2.10. The molecule has 37 heavy (non-hydrogen) atoms. The van der Waals surface area contributed by atoms with Crippen molar-refractivity contribution in [3.05, 3.63) is 48.1 Å². The zero-order valence-electron chi connectivity index (χ0n) is 24.5. The number of hydrogen-bond acceptors (Lipinski definition) is 4. The molecule has 212 valence electrons. The molecule has 0 spiro atoms. The van der Waals surface area contributed by atoms with Gasteiger partial charge >= 0.3 is 5.97 Å². The third-order valence-corrected chi connectivity index (χ3v) is 4.93. The maximum Gasteiger partial charge on any atom is 0.336 e. The Morgan fingerprint density at radius 1 is 1.03 bits per heavy atom. The van der Waals surface area contributed by atoms with E-state index in [0.29, 0.717) is 18.6 Å². The summed E-state index contributed by atoms with van der Waals surface area (Å²) in [6.45, 7) is 19.0. The third-order valence-electron chi connectivity index (χ3n) is 4.93. The van der Waals surface area contributed by atoms with Gasteiger partial charge in [0.1, 0.15) is 5.84 Å². The largest absolute Gasteiger partial charge is 0.478 e. The van der Waals surface area contributed by atoms with Crippen molar-refractivity contribution >= 4 is 23.5 Å². The van der Waals surface area contributed by atoms with E-state index in [0.717, 1.165) is 6.42 Å². The fourth-order valence-electron chi connectivity index (χ4n) is 3.16. The molecule has 0 aliphatic carbocycles. The number of allylic oxidation sites excluding steroid dienone is 4. The summed E-state index contributed by atoms with van der Waals surface area (Å²) in [6, 6.07) is 0. The summed E-state index contributed by atoms with van der Waals surface area (Å²) in [5.41, 5.74) is 5.52. The number of aliphatic imine (C=N–C) groups is 1. The molecule has 0 aromatic rings. The van der Waals surface area contributed by atoms with Gasteiger partial charge in [-0.05, 0) is 52.5 Å². The normalized spacial score (nSPS) is 17.5. The number of carboxylic acid groups (broad SMARTS) is 1. The molecule has 7 heteroatoms. The van der Waals surface area contributed by atoms with Gasteiger partial charge in [-0.15, -0.1) is 0 Å². The summed E-state index contributed by atoms with van der Waals surface area (Å²) in [6.07, 6.45) is 16.8. The summed E-state index contributed by atoms with van der Waals surface area (Å²) >= 11 is 0. The highest BCUT2D eigenvalue weighted by Crippen LogP contribution is 2.22. The predicted octanol–water partition coefficient (Wildman–Crippen LogP) is 7.13. The van der Waals surface area contributed by atoms with Gasteiger partial charge in [0.05, 0.1) is 17.8 Å². The number of amidine groups is 1. The number of carbonyl (C=O) groups is 3. The number of Topliss-reactive ketones (excluding diaryl/α,β-unsaturated/α-hetero) is 1. The molecular formula is C30H52N2O5. The molecule has 3 N–H and O–H groups in total. The predicted molar refractivity (Wildman–Crippen MR) is 156 cm³/mol. The quantitative estimate of drug-likeness (QED) is 0.129. The zero-order valence-corrected chi connectivity index (χ0v) is 24.5. The number of hydrogen-bond donors (Lipinski definition) is 2. The number of amides is 1. The second-order valence-electron chi connectivity index (χ2n) is 8.08. The fourth-order valence-corrected chi connectivity index (χ4v) is 3.16. The molecule has 0 aromatic heterocycles. The summed E-state index contributed by atoms with van der Waals surface area (Å²) in [5.74, 6) is -1.19. The number of carboxylic acids is 1. The van der Waals surface area contributed by atoms with E-state index < -0.39 is 5.97 Å². The second kappa shape index (κ2) is 26.3. The highest BCUT2D eigenvalue weighted by molar-refractivity contribution is 6.06. The van der Waals surface area contributed by atoms with Crippen LogP contribution in [0.4, 0.5) is 0 Å². The molecule has 2 unspecified atom stereocenters. The summed E-state index contributed by atoms with van der Waals surface area (Å²) in [4.78, 5) is 36.6. The number of ether oxygens (including phenoxy) is 1. The maximum atomic E-state index is 11.3. The van der Waals surface area contributed by atoms with E-state index in [1.54, 1.807) is 32.1 Å². The van der Waals surface area contributed by atoms with Gasteiger partial charge in [-0.25, -0.2) is 4.79 Å². The number of aliphatic carboxylic acids is 1. The molecule has 1 amide bonds. The van der Waals surface area contributed by atoms with Crippen LogP contribution in [0, 0.1) is 0 Å².